The highest BCUT2D eigenvalue weighted by molar-refractivity contribution is 5.87. The predicted octanol–water partition coefficient (Wildman–Crippen LogP) is 2.74. The maximum absolute atomic E-state index is 11.9. The Morgan fingerprint density at radius 2 is 1.84 bits per heavy atom. The molecule has 1 aromatic carbocycles. The fourth-order valence-electron chi connectivity index (χ4n) is 1.93. The van der Waals surface area contributed by atoms with Gasteiger partial charge in [0.25, 0.3) is 0 Å². The molecule has 0 spiro atoms. The van der Waals surface area contributed by atoms with E-state index in [-0.39, 0.29) is 6.09 Å². The summed E-state index contributed by atoms with van der Waals surface area (Å²) in [5, 5.41) is 3.26. The average molecular weight is 262 g/mol. The fraction of sp³-hybridized carbons (Fsp3) is 0.533. The lowest BCUT2D eigenvalue weighted by molar-refractivity contribution is 0.0589. The third-order valence-corrected chi connectivity index (χ3v) is 3.20. The first-order valence-electron chi connectivity index (χ1n) is 6.64. The van der Waals surface area contributed by atoms with E-state index in [9.17, 15) is 4.79 Å². The fourth-order valence-corrected chi connectivity index (χ4v) is 1.93. The molecule has 19 heavy (non-hydrogen) atoms. The quantitative estimate of drug-likeness (QED) is 0.891. The number of carbonyl (C=O) groups excluding carboxylic acids is 1. The lowest BCUT2D eigenvalue weighted by Gasteiger charge is -2.28. The second-order valence-electron chi connectivity index (χ2n) is 5.99. The summed E-state index contributed by atoms with van der Waals surface area (Å²) in [5.41, 5.74) is 1.70. The Hall–Kier alpha value is -1.55. The second kappa shape index (κ2) is 5.21. The number of nitrogens with one attached hydrogen (secondary N) is 1. The standard InChI is InChI=1S/C15H22N2O2/c1-15(2,3)19-14(18)17(4)13-7-5-11(6-8-13)12-9-16-10-12/h5-8,12,16H,9-10H2,1-4H3. The number of ether oxygens (including phenoxy) is 1. The van der Waals surface area contributed by atoms with E-state index in [1.165, 1.54) is 10.5 Å². The molecule has 2 rings (SSSR count). The van der Waals surface area contributed by atoms with E-state index in [0.717, 1.165) is 18.8 Å². The van der Waals surface area contributed by atoms with Crippen LogP contribution in [0.15, 0.2) is 24.3 Å². The zero-order valence-electron chi connectivity index (χ0n) is 12.1. The van der Waals surface area contributed by atoms with Crippen molar-refractivity contribution in [3.8, 4) is 0 Å². The van der Waals surface area contributed by atoms with E-state index >= 15 is 0 Å². The Morgan fingerprint density at radius 1 is 1.26 bits per heavy atom. The molecule has 1 aliphatic rings. The molecule has 104 valence electrons. The van der Waals surface area contributed by atoms with Crippen molar-refractivity contribution < 1.29 is 9.53 Å². The van der Waals surface area contributed by atoms with Gasteiger partial charge in [0.1, 0.15) is 5.60 Å². The van der Waals surface area contributed by atoms with Gasteiger partial charge in [-0.25, -0.2) is 4.79 Å². The van der Waals surface area contributed by atoms with Crippen LogP contribution in [-0.2, 0) is 4.74 Å². The highest BCUT2D eigenvalue weighted by atomic mass is 16.6. The number of amides is 1. The molecule has 4 heteroatoms. The summed E-state index contributed by atoms with van der Waals surface area (Å²) >= 11 is 0. The van der Waals surface area contributed by atoms with Crippen LogP contribution in [-0.4, -0.2) is 31.8 Å². The largest absolute Gasteiger partial charge is 0.443 e. The van der Waals surface area contributed by atoms with Gasteiger partial charge in [0, 0.05) is 31.7 Å². The van der Waals surface area contributed by atoms with Crippen LogP contribution in [0.5, 0.6) is 0 Å². The van der Waals surface area contributed by atoms with Crippen LogP contribution in [0, 0.1) is 0 Å². The van der Waals surface area contributed by atoms with Crippen molar-refractivity contribution in [2.45, 2.75) is 32.3 Å². The molecule has 0 saturated carbocycles. The van der Waals surface area contributed by atoms with Crippen molar-refractivity contribution in [1.82, 2.24) is 5.32 Å². The van der Waals surface area contributed by atoms with Gasteiger partial charge in [0.15, 0.2) is 0 Å². The second-order valence-corrected chi connectivity index (χ2v) is 5.99. The molecular weight excluding hydrogens is 240 g/mol. The Balaban J connectivity index is 2.02. The van der Waals surface area contributed by atoms with Crippen molar-refractivity contribution in [3.05, 3.63) is 29.8 Å². The molecule has 0 radical (unpaired) electrons. The van der Waals surface area contributed by atoms with Crippen molar-refractivity contribution >= 4 is 11.8 Å². The number of anilines is 1. The normalized spacial score (nSPS) is 15.8. The van der Waals surface area contributed by atoms with Crippen LogP contribution in [0.3, 0.4) is 0 Å². The average Bonchev–Trinajstić information content (AvgIpc) is 2.24. The third kappa shape index (κ3) is 3.47. The van der Waals surface area contributed by atoms with Crippen LogP contribution >= 0.6 is 0 Å². The molecule has 1 fully saturated rings. The monoisotopic (exact) mass is 262 g/mol. The SMILES string of the molecule is CN(C(=O)OC(C)(C)C)c1ccc(C2CNC2)cc1. The van der Waals surface area contributed by atoms with Gasteiger partial charge in [0.05, 0.1) is 0 Å². The number of hydrogen-bond donors (Lipinski definition) is 1. The van der Waals surface area contributed by atoms with Gasteiger partial charge in [-0.3, -0.25) is 4.90 Å². The summed E-state index contributed by atoms with van der Waals surface area (Å²) in [5.74, 6) is 0.612. The van der Waals surface area contributed by atoms with E-state index < -0.39 is 5.60 Å². The Kier molecular flexibility index (Phi) is 3.80. The first-order chi connectivity index (χ1) is 8.87. The molecule has 1 amide bonds. The lowest BCUT2D eigenvalue weighted by Crippen LogP contribution is -2.39. The van der Waals surface area contributed by atoms with Crippen molar-refractivity contribution in [2.24, 2.45) is 0 Å². The highest BCUT2D eigenvalue weighted by Crippen LogP contribution is 2.23. The topological polar surface area (TPSA) is 41.6 Å². The molecule has 1 heterocycles. The summed E-state index contributed by atoms with van der Waals surface area (Å²) in [6, 6.07) is 8.11. The first kappa shape index (κ1) is 13.9. The Labute approximate surface area is 114 Å². The van der Waals surface area contributed by atoms with Gasteiger partial charge in [-0.15, -0.1) is 0 Å². The maximum Gasteiger partial charge on any atom is 0.414 e. The molecule has 0 aliphatic carbocycles. The molecule has 1 aliphatic heterocycles. The van der Waals surface area contributed by atoms with Crippen LogP contribution in [0.25, 0.3) is 0 Å². The maximum atomic E-state index is 11.9. The molecular formula is C15H22N2O2. The zero-order chi connectivity index (χ0) is 14.0. The van der Waals surface area contributed by atoms with E-state index in [4.69, 9.17) is 4.74 Å². The Bertz CT molecular complexity index is 444. The molecule has 1 N–H and O–H groups in total. The molecule has 1 saturated heterocycles. The minimum Gasteiger partial charge on any atom is -0.443 e. The molecule has 4 nitrogen and oxygen atoms in total. The third-order valence-electron chi connectivity index (χ3n) is 3.20. The molecule has 1 aromatic rings. The van der Waals surface area contributed by atoms with Crippen LogP contribution in [0.4, 0.5) is 10.5 Å². The lowest BCUT2D eigenvalue weighted by atomic mass is 9.94. The Morgan fingerprint density at radius 3 is 2.26 bits per heavy atom. The smallest absolute Gasteiger partial charge is 0.414 e. The van der Waals surface area contributed by atoms with Gasteiger partial charge in [-0.2, -0.15) is 0 Å². The van der Waals surface area contributed by atoms with Gasteiger partial charge in [0.2, 0.25) is 0 Å². The molecule has 0 aromatic heterocycles. The summed E-state index contributed by atoms with van der Waals surface area (Å²) in [6.07, 6.45) is -0.328. The number of hydrogen-bond acceptors (Lipinski definition) is 3. The zero-order valence-corrected chi connectivity index (χ0v) is 12.1. The van der Waals surface area contributed by atoms with E-state index in [1.54, 1.807) is 7.05 Å². The van der Waals surface area contributed by atoms with E-state index in [0.29, 0.717) is 5.92 Å². The summed E-state index contributed by atoms with van der Waals surface area (Å²) in [7, 11) is 1.73. The summed E-state index contributed by atoms with van der Waals surface area (Å²) in [4.78, 5) is 13.5. The molecule has 0 atom stereocenters. The molecule has 0 bridgehead atoms. The van der Waals surface area contributed by atoms with Gasteiger partial charge >= 0.3 is 6.09 Å². The van der Waals surface area contributed by atoms with E-state index in [1.807, 2.05) is 32.9 Å². The van der Waals surface area contributed by atoms with Gasteiger partial charge in [-0.05, 0) is 38.5 Å². The van der Waals surface area contributed by atoms with Crippen LogP contribution in [0.1, 0.15) is 32.3 Å². The molecule has 0 unspecified atom stereocenters. The predicted molar refractivity (Wildman–Crippen MR) is 76.7 cm³/mol. The van der Waals surface area contributed by atoms with Crippen LogP contribution in [0.2, 0.25) is 0 Å². The van der Waals surface area contributed by atoms with Gasteiger partial charge < -0.3 is 10.1 Å². The number of benzene rings is 1. The number of carbonyl (C=O) groups is 1. The minimum atomic E-state index is -0.469. The van der Waals surface area contributed by atoms with E-state index in [2.05, 4.69) is 17.4 Å². The first-order valence-corrected chi connectivity index (χ1v) is 6.64. The minimum absolute atomic E-state index is 0.328. The summed E-state index contributed by atoms with van der Waals surface area (Å²) in [6.45, 7) is 7.69. The van der Waals surface area contributed by atoms with Crippen molar-refractivity contribution in [2.75, 3.05) is 25.0 Å². The summed E-state index contributed by atoms with van der Waals surface area (Å²) < 4.78 is 5.34. The highest BCUT2D eigenvalue weighted by Gasteiger charge is 2.22. The van der Waals surface area contributed by atoms with Gasteiger partial charge in [-0.1, -0.05) is 12.1 Å². The number of nitrogens with zero attached hydrogens (tertiary/aromatic N) is 1. The van der Waals surface area contributed by atoms with Crippen molar-refractivity contribution in [1.29, 1.82) is 0 Å². The number of rotatable bonds is 2. The van der Waals surface area contributed by atoms with Crippen LogP contribution < -0.4 is 10.2 Å². The van der Waals surface area contributed by atoms with Crippen molar-refractivity contribution in [3.63, 3.8) is 0 Å².